The molecule has 3 heteroatoms. The van der Waals surface area contributed by atoms with Crippen molar-refractivity contribution in [2.75, 3.05) is 0 Å². The molecule has 2 N–H and O–H groups in total. The second kappa shape index (κ2) is 3.72. The Labute approximate surface area is 109 Å². The summed E-state index contributed by atoms with van der Waals surface area (Å²) < 4.78 is 0. The Morgan fingerprint density at radius 3 is 1.78 bits per heavy atom. The Kier molecular flexibility index (Phi) is 2.58. The minimum absolute atomic E-state index is 0.216. The first-order valence-corrected chi connectivity index (χ1v) is 7.33. The molecule has 102 valence electrons. The van der Waals surface area contributed by atoms with Crippen LogP contribution in [0, 0.1) is 29.1 Å². The lowest BCUT2D eigenvalue weighted by atomic mass is 9.44. The zero-order chi connectivity index (χ0) is 13.1. The zero-order valence-electron chi connectivity index (χ0n) is 11.4. The first-order chi connectivity index (χ1) is 8.37. The molecule has 4 rings (SSSR count). The van der Waals surface area contributed by atoms with Gasteiger partial charge in [0.1, 0.15) is 0 Å². The molecule has 4 bridgehead atoms. The van der Waals surface area contributed by atoms with E-state index in [1.54, 1.807) is 0 Å². The number of carbonyl (C=O) groups is 1. The molecular formula is C15H24O3. The van der Waals surface area contributed by atoms with Gasteiger partial charge < -0.3 is 10.2 Å². The molecule has 4 fully saturated rings. The minimum Gasteiger partial charge on any atom is -0.479 e. The van der Waals surface area contributed by atoms with Crippen molar-refractivity contribution in [3.8, 4) is 0 Å². The van der Waals surface area contributed by atoms with Gasteiger partial charge in [-0.1, -0.05) is 13.8 Å². The predicted molar refractivity (Wildman–Crippen MR) is 68.0 cm³/mol. The summed E-state index contributed by atoms with van der Waals surface area (Å²) >= 11 is 0. The highest BCUT2D eigenvalue weighted by Gasteiger charge is 2.64. The summed E-state index contributed by atoms with van der Waals surface area (Å²) in [5.41, 5.74) is -1.87. The topological polar surface area (TPSA) is 57.5 Å². The van der Waals surface area contributed by atoms with Crippen LogP contribution in [0.2, 0.25) is 0 Å². The third-order valence-electron chi connectivity index (χ3n) is 6.01. The molecule has 0 aromatic heterocycles. The van der Waals surface area contributed by atoms with E-state index in [9.17, 15) is 15.0 Å². The summed E-state index contributed by atoms with van der Waals surface area (Å²) in [5.74, 6) is 0.785. The van der Waals surface area contributed by atoms with Crippen molar-refractivity contribution in [2.45, 2.75) is 58.0 Å². The normalized spacial score (nSPS) is 45.2. The van der Waals surface area contributed by atoms with Crippen LogP contribution in [0.4, 0.5) is 0 Å². The highest BCUT2D eigenvalue weighted by atomic mass is 16.4. The van der Waals surface area contributed by atoms with E-state index in [2.05, 4.69) is 0 Å². The molecule has 4 saturated carbocycles. The van der Waals surface area contributed by atoms with Gasteiger partial charge in [-0.05, 0) is 62.2 Å². The lowest BCUT2D eigenvalue weighted by molar-refractivity contribution is -0.216. The Hall–Kier alpha value is -0.570. The zero-order valence-corrected chi connectivity index (χ0v) is 11.4. The molecular weight excluding hydrogens is 228 g/mol. The third kappa shape index (κ3) is 1.43. The average Bonchev–Trinajstić information content (AvgIpc) is 2.25. The largest absolute Gasteiger partial charge is 0.479 e. The van der Waals surface area contributed by atoms with Crippen LogP contribution >= 0.6 is 0 Å². The Morgan fingerprint density at radius 1 is 1.11 bits per heavy atom. The van der Waals surface area contributed by atoms with E-state index in [4.69, 9.17) is 0 Å². The molecule has 0 spiro atoms. The van der Waals surface area contributed by atoms with E-state index < -0.39 is 11.6 Å². The van der Waals surface area contributed by atoms with E-state index in [0.717, 1.165) is 19.3 Å². The van der Waals surface area contributed by atoms with Gasteiger partial charge in [0.15, 0.2) is 5.60 Å². The van der Waals surface area contributed by atoms with Gasteiger partial charge in [-0.2, -0.15) is 0 Å². The van der Waals surface area contributed by atoms with Crippen molar-refractivity contribution in [1.29, 1.82) is 0 Å². The number of aliphatic carboxylic acids is 1. The lowest BCUT2D eigenvalue weighted by Crippen LogP contribution is -2.64. The molecule has 4 aliphatic carbocycles. The van der Waals surface area contributed by atoms with E-state index in [1.807, 2.05) is 13.8 Å². The van der Waals surface area contributed by atoms with Crippen LogP contribution in [0.1, 0.15) is 52.4 Å². The maximum absolute atomic E-state index is 11.7. The SMILES string of the molecule is CC(C)C(O)(C(=O)O)C12CC3CC(CC(C3)C1)C2. The van der Waals surface area contributed by atoms with Crippen molar-refractivity contribution in [3.63, 3.8) is 0 Å². The molecule has 3 nitrogen and oxygen atoms in total. The van der Waals surface area contributed by atoms with Gasteiger partial charge in [0.25, 0.3) is 0 Å². The second-order valence-electron chi connectivity index (χ2n) is 7.42. The first kappa shape index (κ1) is 12.5. The summed E-state index contributed by atoms with van der Waals surface area (Å²) in [7, 11) is 0. The smallest absolute Gasteiger partial charge is 0.336 e. The van der Waals surface area contributed by atoms with Crippen molar-refractivity contribution in [3.05, 3.63) is 0 Å². The van der Waals surface area contributed by atoms with Gasteiger partial charge in [0, 0.05) is 5.41 Å². The van der Waals surface area contributed by atoms with E-state index >= 15 is 0 Å². The van der Waals surface area contributed by atoms with Crippen LogP contribution in [-0.2, 0) is 4.79 Å². The van der Waals surface area contributed by atoms with Gasteiger partial charge >= 0.3 is 5.97 Å². The van der Waals surface area contributed by atoms with Crippen molar-refractivity contribution in [2.24, 2.45) is 29.1 Å². The number of carboxylic acid groups (broad SMARTS) is 1. The molecule has 1 unspecified atom stereocenters. The summed E-state index contributed by atoms with van der Waals surface area (Å²) in [6, 6.07) is 0. The molecule has 1 atom stereocenters. The van der Waals surface area contributed by atoms with Crippen LogP contribution < -0.4 is 0 Å². The highest BCUT2D eigenvalue weighted by Crippen LogP contribution is 2.64. The Morgan fingerprint density at radius 2 is 1.50 bits per heavy atom. The summed E-state index contributed by atoms with van der Waals surface area (Å²) in [6.07, 6.45) is 6.60. The fraction of sp³-hybridized carbons (Fsp3) is 0.933. The van der Waals surface area contributed by atoms with Gasteiger partial charge in [0.2, 0.25) is 0 Å². The molecule has 0 saturated heterocycles. The molecule has 0 aromatic rings. The lowest BCUT2D eigenvalue weighted by Gasteiger charge is -2.61. The van der Waals surface area contributed by atoms with E-state index in [1.165, 1.54) is 19.3 Å². The molecule has 0 heterocycles. The van der Waals surface area contributed by atoms with E-state index in [0.29, 0.717) is 17.8 Å². The number of aliphatic hydroxyl groups is 1. The van der Waals surface area contributed by atoms with Gasteiger partial charge in [-0.15, -0.1) is 0 Å². The number of hydrogen-bond acceptors (Lipinski definition) is 2. The molecule has 0 aromatic carbocycles. The summed E-state index contributed by atoms with van der Waals surface area (Å²) in [5, 5.41) is 20.5. The maximum Gasteiger partial charge on any atom is 0.336 e. The fourth-order valence-electron chi connectivity index (χ4n) is 5.66. The molecule has 0 aliphatic heterocycles. The van der Waals surface area contributed by atoms with E-state index in [-0.39, 0.29) is 11.3 Å². The van der Waals surface area contributed by atoms with Crippen LogP contribution in [0.25, 0.3) is 0 Å². The van der Waals surface area contributed by atoms with Crippen LogP contribution in [-0.4, -0.2) is 21.8 Å². The summed E-state index contributed by atoms with van der Waals surface area (Å²) in [4.78, 5) is 11.7. The standard InChI is InChI=1S/C15H24O3/c1-9(2)15(18,13(16)17)14-6-10-3-11(7-14)5-12(4-10)8-14/h9-12,18H,3-8H2,1-2H3,(H,16,17). The maximum atomic E-state index is 11.7. The van der Waals surface area contributed by atoms with Crippen molar-refractivity contribution in [1.82, 2.24) is 0 Å². The molecule has 0 radical (unpaired) electrons. The molecule has 18 heavy (non-hydrogen) atoms. The predicted octanol–water partition coefficient (Wildman–Crippen LogP) is 2.67. The highest BCUT2D eigenvalue weighted by molar-refractivity contribution is 5.79. The monoisotopic (exact) mass is 252 g/mol. The van der Waals surface area contributed by atoms with Gasteiger partial charge in [-0.3, -0.25) is 0 Å². The number of carboxylic acids is 1. The quantitative estimate of drug-likeness (QED) is 0.812. The first-order valence-electron chi connectivity index (χ1n) is 7.33. The van der Waals surface area contributed by atoms with Crippen LogP contribution in [0.5, 0.6) is 0 Å². The number of rotatable bonds is 3. The Balaban J connectivity index is 2.01. The fourth-order valence-corrected chi connectivity index (χ4v) is 5.66. The van der Waals surface area contributed by atoms with Crippen LogP contribution in [0.15, 0.2) is 0 Å². The average molecular weight is 252 g/mol. The molecule has 0 amide bonds. The number of hydrogen-bond donors (Lipinski definition) is 2. The minimum atomic E-state index is -1.52. The third-order valence-corrected chi connectivity index (χ3v) is 6.01. The molecule has 4 aliphatic rings. The van der Waals surface area contributed by atoms with Crippen molar-refractivity contribution >= 4 is 5.97 Å². The van der Waals surface area contributed by atoms with Gasteiger partial charge in [0.05, 0.1) is 0 Å². The van der Waals surface area contributed by atoms with Crippen molar-refractivity contribution < 1.29 is 15.0 Å². The second-order valence-corrected chi connectivity index (χ2v) is 7.42. The van der Waals surface area contributed by atoms with Gasteiger partial charge in [-0.25, -0.2) is 4.79 Å². The Bertz CT molecular complexity index is 339. The summed E-state index contributed by atoms with van der Waals surface area (Å²) in [6.45, 7) is 3.71. The van der Waals surface area contributed by atoms with Crippen LogP contribution in [0.3, 0.4) is 0 Å².